The Morgan fingerprint density at radius 3 is 2.20 bits per heavy atom. The Morgan fingerprint density at radius 2 is 1.60 bits per heavy atom. The minimum absolute atomic E-state index is 0.0181. The molecule has 1 aromatic carbocycles. The highest BCUT2D eigenvalue weighted by atomic mass is 19.1. The Labute approximate surface area is 146 Å². The average molecular weight is 350 g/mol. The fraction of sp³-hybridized carbons (Fsp3) is 0.500. The average Bonchev–Trinajstić information content (AvgIpc) is 2.62. The molecule has 1 heterocycles. The van der Waals surface area contributed by atoms with Crippen molar-refractivity contribution >= 4 is 17.8 Å². The van der Waals surface area contributed by atoms with Crippen molar-refractivity contribution in [3.05, 3.63) is 35.6 Å². The number of hydrogen-bond donors (Lipinski definition) is 0. The van der Waals surface area contributed by atoms with E-state index in [1.54, 1.807) is 16.7 Å². The van der Waals surface area contributed by atoms with Gasteiger partial charge in [-0.1, -0.05) is 0 Å². The summed E-state index contributed by atoms with van der Waals surface area (Å²) in [5.74, 6) is -0.496. The van der Waals surface area contributed by atoms with Crippen molar-refractivity contribution in [1.82, 2.24) is 9.80 Å². The normalized spacial score (nSPS) is 14.3. The summed E-state index contributed by atoms with van der Waals surface area (Å²) in [5.41, 5.74) is 0.455. The van der Waals surface area contributed by atoms with Crippen molar-refractivity contribution in [3.63, 3.8) is 0 Å². The van der Waals surface area contributed by atoms with Gasteiger partial charge in [0.15, 0.2) is 5.78 Å². The number of piperazine rings is 1. The van der Waals surface area contributed by atoms with Crippen LogP contribution in [0.4, 0.5) is 9.18 Å². The van der Waals surface area contributed by atoms with Crippen molar-refractivity contribution in [3.8, 4) is 0 Å². The third kappa shape index (κ3) is 5.55. The van der Waals surface area contributed by atoms with Crippen molar-refractivity contribution in [1.29, 1.82) is 0 Å². The second kappa shape index (κ2) is 9.15. The van der Waals surface area contributed by atoms with Gasteiger partial charge in [0.05, 0.1) is 6.61 Å². The molecule has 1 saturated heterocycles. The van der Waals surface area contributed by atoms with Crippen molar-refractivity contribution < 1.29 is 23.5 Å². The molecule has 25 heavy (non-hydrogen) atoms. The zero-order valence-electron chi connectivity index (χ0n) is 14.4. The molecule has 136 valence electrons. The molecule has 0 aromatic heterocycles. The Hall–Kier alpha value is -2.44. The summed E-state index contributed by atoms with van der Waals surface area (Å²) in [5, 5.41) is 0. The van der Waals surface area contributed by atoms with Crippen LogP contribution in [-0.2, 0) is 9.53 Å². The summed E-state index contributed by atoms with van der Waals surface area (Å²) in [4.78, 5) is 39.1. The van der Waals surface area contributed by atoms with E-state index >= 15 is 0 Å². The van der Waals surface area contributed by atoms with E-state index in [0.29, 0.717) is 44.8 Å². The van der Waals surface area contributed by atoms with Crippen molar-refractivity contribution in [2.45, 2.75) is 26.2 Å². The molecule has 0 unspecified atom stereocenters. The summed E-state index contributed by atoms with van der Waals surface area (Å²) in [7, 11) is 0. The number of rotatable bonds is 6. The molecule has 1 aromatic rings. The topological polar surface area (TPSA) is 66.9 Å². The van der Waals surface area contributed by atoms with Crippen LogP contribution in [0, 0.1) is 5.82 Å². The van der Waals surface area contributed by atoms with Gasteiger partial charge in [-0.2, -0.15) is 0 Å². The summed E-state index contributed by atoms with van der Waals surface area (Å²) in [6, 6.07) is 5.41. The van der Waals surface area contributed by atoms with Gasteiger partial charge >= 0.3 is 6.09 Å². The van der Waals surface area contributed by atoms with Gasteiger partial charge in [-0.3, -0.25) is 9.59 Å². The number of nitrogens with zero attached hydrogens (tertiary/aromatic N) is 2. The number of ether oxygens (including phenoxy) is 1. The lowest BCUT2D eigenvalue weighted by Crippen LogP contribution is -2.50. The first-order chi connectivity index (χ1) is 12.0. The zero-order chi connectivity index (χ0) is 18.2. The lowest BCUT2D eigenvalue weighted by Gasteiger charge is -2.34. The fourth-order valence-corrected chi connectivity index (χ4v) is 2.69. The lowest BCUT2D eigenvalue weighted by molar-refractivity contribution is -0.132. The molecule has 0 atom stereocenters. The van der Waals surface area contributed by atoms with Crippen LogP contribution >= 0.6 is 0 Å². The molecule has 1 aliphatic heterocycles. The van der Waals surface area contributed by atoms with Crippen LogP contribution in [0.15, 0.2) is 24.3 Å². The number of benzene rings is 1. The third-order valence-corrected chi connectivity index (χ3v) is 4.12. The predicted molar refractivity (Wildman–Crippen MR) is 89.8 cm³/mol. The monoisotopic (exact) mass is 350 g/mol. The largest absolute Gasteiger partial charge is 0.450 e. The smallest absolute Gasteiger partial charge is 0.409 e. The fourth-order valence-electron chi connectivity index (χ4n) is 2.69. The van der Waals surface area contributed by atoms with Crippen LogP contribution in [0.5, 0.6) is 0 Å². The molecule has 7 heteroatoms. The predicted octanol–water partition coefficient (Wildman–Crippen LogP) is 2.48. The quantitative estimate of drug-likeness (QED) is 0.739. The van der Waals surface area contributed by atoms with Crippen LogP contribution in [0.3, 0.4) is 0 Å². The first kappa shape index (κ1) is 18.9. The molecule has 1 fully saturated rings. The van der Waals surface area contributed by atoms with Crippen LogP contribution < -0.4 is 0 Å². The summed E-state index contributed by atoms with van der Waals surface area (Å²) in [6.45, 7) is 3.95. The molecule has 0 aliphatic carbocycles. The van der Waals surface area contributed by atoms with Gasteiger partial charge in [-0.15, -0.1) is 0 Å². The number of halogens is 1. The van der Waals surface area contributed by atoms with E-state index in [-0.39, 0.29) is 36.4 Å². The molecule has 0 N–H and O–H groups in total. The second-order valence-corrected chi connectivity index (χ2v) is 5.85. The Morgan fingerprint density at radius 1 is 1.00 bits per heavy atom. The van der Waals surface area contributed by atoms with E-state index in [2.05, 4.69) is 0 Å². The summed E-state index contributed by atoms with van der Waals surface area (Å²) in [6.07, 6.45) is 0.638. The zero-order valence-corrected chi connectivity index (χ0v) is 14.4. The first-order valence-corrected chi connectivity index (χ1v) is 8.49. The highest BCUT2D eigenvalue weighted by Crippen LogP contribution is 2.11. The van der Waals surface area contributed by atoms with E-state index in [1.165, 1.54) is 24.3 Å². The van der Waals surface area contributed by atoms with E-state index in [9.17, 15) is 18.8 Å². The maximum Gasteiger partial charge on any atom is 0.409 e. The number of hydrogen-bond acceptors (Lipinski definition) is 4. The first-order valence-electron chi connectivity index (χ1n) is 8.49. The van der Waals surface area contributed by atoms with E-state index < -0.39 is 0 Å². The van der Waals surface area contributed by atoms with Gasteiger partial charge in [0.2, 0.25) is 5.91 Å². The summed E-state index contributed by atoms with van der Waals surface area (Å²) >= 11 is 0. The Kier molecular flexibility index (Phi) is 6.91. The van der Waals surface area contributed by atoms with Gasteiger partial charge in [-0.25, -0.2) is 9.18 Å². The van der Waals surface area contributed by atoms with Crippen LogP contribution in [0.2, 0.25) is 0 Å². The maximum absolute atomic E-state index is 12.8. The molecule has 2 rings (SSSR count). The minimum atomic E-state index is -0.381. The van der Waals surface area contributed by atoms with Crippen LogP contribution in [0.25, 0.3) is 0 Å². The van der Waals surface area contributed by atoms with E-state index in [0.717, 1.165) is 0 Å². The van der Waals surface area contributed by atoms with Gasteiger partial charge in [0.25, 0.3) is 0 Å². The number of amides is 2. The van der Waals surface area contributed by atoms with E-state index in [4.69, 9.17) is 4.74 Å². The van der Waals surface area contributed by atoms with E-state index in [1.807, 2.05) is 0 Å². The highest BCUT2D eigenvalue weighted by Gasteiger charge is 2.24. The van der Waals surface area contributed by atoms with Gasteiger partial charge < -0.3 is 14.5 Å². The van der Waals surface area contributed by atoms with Gasteiger partial charge in [0.1, 0.15) is 5.82 Å². The highest BCUT2D eigenvalue weighted by molar-refractivity contribution is 5.96. The number of carbonyl (C=O) groups excluding carboxylic acids is 3. The standard InChI is InChI=1S/C18H23FN2O4/c1-2-25-18(24)21-12-10-20(11-13-21)17(23)5-3-4-16(22)14-6-8-15(19)9-7-14/h6-9H,2-5,10-13H2,1H3. The van der Waals surface area contributed by atoms with Gasteiger partial charge in [0, 0.05) is 44.6 Å². The van der Waals surface area contributed by atoms with Gasteiger partial charge in [-0.05, 0) is 37.6 Å². The number of ketones is 1. The Bertz CT molecular complexity index is 610. The third-order valence-electron chi connectivity index (χ3n) is 4.12. The van der Waals surface area contributed by atoms with Crippen molar-refractivity contribution in [2.75, 3.05) is 32.8 Å². The lowest BCUT2D eigenvalue weighted by atomic mass is 10.1. The van der Waals surface area contributed by atoms with Crippen molar-refractivity contribution in [2.24, 2.45) is 0 Å². The number of Topliss-reactive ketones (excluding diaryl/α,β-unsaturated/α-hetero) is 1. The van der Waals surface area contributed by atoms with Crippen LogP contribution in [-0.4, -0.2) is 60.4 Å². The molecule has 1 aliphatic rings. The molecular weight excluding hydrogens is 327 g/mol. The molecule has 2 amide bonds. The molecule has 6 nitrogen and oxygen atoms in total. The van der Waals surface area contributed by atoms with Crippen LogP contribution in [0.1, 0.15) is 36.5 Å². The summed E-state index contributed by atoms with van der Waals surface area (Å²) < 4.78 is 17.8. The molecular formula is C18H23FN2O4. The SMILES string of the molecule is CCOC(=O)N1CCN(C(=O)CCCC(=O)c2ccc(F)cc2)CC1. The maximum atomic E-state index is 12.8. The second-order valence-electron chi connectivity index (χ2n) is 5.85. The molecule has 0 bridgehead atoms. The number of carbonyl (C=O) groups is 3. The minimum Gasteiger partial charge on any atom is -0.450 e. The molecule has 0 saturated carbocycles. The molecule has 0 spiro atoms. The molecule has 0 radical (unpaired) electrons. The Balaban J connectivity index is 1.70.